The van der Waals surface area contributed by atoms with Crippen LogP contribution in [0.15, 0.2) is 84.9 Å². The van der Waals surface area contributed by atoms with Crippen molar-refractivity contribution in [1.29, 1.82) is 0 Å². The minimum atomic E-state index is -0.854. The maximum Gasteiger partial charge on any atom is 0.303 e. The molecule has 0 bridgehead atoms. The third-order valence-electron chi connectivity index (χ3n) is 13.6. The van der Waals surface area contributed by atoms with E-state index in [1.54, 1.807) is 45.4 Å². The van der Waals surface area contributed by atoms with Crippen molar-refractivity contribution in [1.82, 2.24) is 20.6 Å². The summed E-state index contributed by atoms with van der Waals surface area (Å²) in [5, 5.41) is 16.4. The highest BCUT2D eigenvalue weighted by Gasteiger charge is 2.26. The highest BCUT2D eigenvalue weighted by molar-refractivity contribution is 5.94. The van der Waals surface area contributed by atoms with Crippen molar-refractivity contribution >= 4 is 39.6 Å². The lowest BCUT2D eigenvalue weighted by Gasteiger charge is -2.10. The number of methoxy groups -OCH3 is 2. The van der Waals surface area contributed by atoms with Crippen LogP contribution in [0.5, 0.6) is 11.5 Å². The summed E-state index contributed by atoms with van der Waals surface area (Å²) in [5.74, 6) is 182. The van der Waals surface area contributed by atoms with Crippen molar-refractivity contribution < 1.29 is 37.7 Å². The van der Waals surface area contributed by atoms with Gasteiger partial charge in [-0.05, 0) is 228 Å². The molecule has 10 nitrogen and oxygen atoms in total. The molecule has 7 rings (SSSR count). The van der Waals surface area contributed by atoms with Gasteiger partial charge in [0.2, 0.25) is 11.8 Å². The number of ether oxygens (including phenoxy) is 2. The third-order valence-corrected chi connectivity index (χ3v) is 13.6. The molecule has 5 N–H and O–H groups in total. The molecule has 3 heterocycles. The van der Waals surface area contributed by atoms with E-state index in [4.69, 9.17) is 21.0 Å². The van der Waals surface area contributed by atoms with Crippen LogP contribution in [-0.2, 0) is 27.2 Å². The van der Waals surface area contributed by atoms with Gasteiger partial charge in [0.25, 0.3) is 0 Å². The lowest BCUT2D eigenvalue weighted by molar-refractivity contribution is -0.137. The molecule has 0 aliphatic carbocycles. The van der Waals surface area contributed by atoms with E-state index in [-0.39, 0.29) is 51.1 Å². The van der Waals surface area contributed by atoms with Crippen LogP contribution in [0.1, 0.15) is 52.2 Å². The van der Waals surface area contributed by atoms with Gasteiger partial charge in [-0.2, -0.15) is 0 Å². The molecule has 0 saturated carbocycles. The number of aryl methyl sites for hydroxylation is 2. The molecule has 1 aliphatic rings. The first-order valence-electron chi connectivity index (χ1n) is 35.6. The number of hydrogen-bond donors (Lipinski definition) is 5. The fraction of sp³-hybridized carbons (Fsp3) is 0.103. The Morgan fingerprint density at radius 1 is 0.364 bits per heavy atom. The van der Waals surface area contributed by atoms with Gasteiger partial charge in [0, 0.05) is 384 Å². The first-order valence-corrected chi connectivity index (χ1v) is 35.6. The Morgan fingerprint density at radius 3 is 0.806 bits per heavy atom. The van der Waals surface area contributed by atoms with E-state index in [1.807, 2.05) is 36.4 Å². The zero-order valence-corrected chi connectivity index (χ0v) is 66.7. The van der Waals surface area contributed by atoms with Crippen LogP contribution in [0.4, 0.5) is 8.78 Å². The van der Waals surface area contributed by atoms with Gasteiger partial charge in [-0.1, -0.05) is 20.8 Å². The molecule has 1 atom stereocenters. The number of aromatic amines is 2. The molecule has 1 saturated heterocycles. The van der Waals surface area contributed by atoms with Crippen molar-refractivity contribution in [2.45, 2.75) is 59.9 Å². The number of carboxylic acids is 1. The van der Waals surface area contributed by atoms with E-state index in [2.05, 4.69) is 453 Å². The number of fused-ring (bicyclic) bond motifs is 2. The first-order chi connectivity index (χ1) is 62.5. The molecule has 12 heteroatoms. The summed E-state index contributed by atoms with van der Waals surface area (Å²) in [6.45, 7) is 2.27. The molecule has 0 spiro atoms. The summed E-state index contributed by atoms with van der Waals surface area (Å²) >= 11 is 0. The smallest absolute Gasteiger partial charge is 0.303 e. The fourth-order valence-electron chi connectivity index (χ4n) is 8.68. The van der Waals surface area contributed by atoms with E-state index in [9.17, 15) is 23.2 Å². The highest BCUT2D eigenvalue weighted by Crippen LogP contribution is 2.35. The maximum absolute atomic E-state index is 13.4. The molecular weight excluding hydrogens is 1600 g/mol. The van der Waals surface area contributed by atoms with E-state index >= 15 is 0 Å². The number of benzene rings is 4. The molecule has 2 aromatic heterocycles. The summed E-state index contributed by atoms with van der Waals surface area (Å²) < 4.78 is 37.1. The number of H-pyrrole nitrogens is 2. The number of nitrogens with one attached hydrogen (secondary N) is 4. The monoisotopic (exact) mass is 1640 g/mol. The van der Waals surface area contributed by atoms with E-state index in [1.165, 1.54) is 24.3 Å². The number of rotatable bonds is 11. The summed E-state index contributed by atoms with van der Waals surface area (Å²) in [5.41, 5.74) is 6.98. The molecule has 0 radical (unpaired) electrons. The van der Waals surface area contributed by atoms with E-state index < -0.39 is 12.0 Å². The second-order valence-electron chi connectivity index (χ2n) is 21.7. The number of hydrogen-bond acceptors (Lipinski definition) is 5. The quantitative estimate of drug-likeness (QED) is 0.0820. The molecule has 2 amide bonds. The zero-order chi connectivity index (χ0) is 90.4. The van der Waals surface area contributed by atoms with Gasteiger partial charge in [-0.25, -0.2) is 8.78 Å². The van der Waals surface area contributed by atoms with E-state index in [0.29, 0.717) is 31.6 Å². The summed E-state index contributed by atoms with van der Waals surface area (Å²) in [4.78, 5) is 41.7. The minimum Gasteiger partial charge on any atom is -0.497 e. The zero-order valence-electron chi connectivity index (χ0n) is 66.7. The van der Waals surface area contributed by atoms with Gasteiger partial charge in [0.05, 0.1) is 14.2 Å². The number of carbonyl (C=O) groups excluding carboxylic acids is 2. The molecule has 6 aromatic rings. The third kappa shape index (κ3) is 46.8. The van der Waals surface area contributed by atoms with Crippen molar-refractivity contribution in [2.24, 2.45) is 0 Å². The Hall–Kier alpha value is -22.4. The molecule has 129 heavy (non-hydrogen) atoms. The van der Waals surface area contributed by atoms with Gasteiger partial charge in [0.15, 0.2) is 0 Å². The number of terminal acetylenes is 1. The summed E-state index contributed by atoms with van der Waals surface area (Å²) in [6, 6.07) is 23.3. The normalized spacial score (nSPS) is 7.84. The van der Waals surface area contributed by atoms with Crippen LogP contribution in [0.2, 0.25) is 0 Å². The molecule has 1 aliphatic heterocycles. The van der Waals surface area contributed by atoms with Crippen molar-refractivity contribution in [2.75, 3.05) is 20.8 Å². The Bertz CT molecular complexity index is 8130. The van der Waals surface area contributed by atoms with Crippen molar-refractivity contribution in [3.8, 4) is 473 Å². The predicted octanol–water partition coefficient (Wildman–Crippen LogP) is 8.95. The van der Waals surface area contributed by atoms with Gasteiger partial charge in [0.1, 0.15) is 29.2 Å². The van der Waals surface area contributed by atoms with Gasteiger partial charge < -0.3 is 35.2 Å². The Morgan fingerprint density at radius 2 is 0.597 bits per heavy atom. The molecule has 0 unspecified atom stereocenters. The average molecular weight is 1650 g/mol. The van der Waals surface area contributed by atoms with Gasteiger partial charge in [-0.15, -0.1) is 6.42 Å². The summed E-state index contributed by atoms with van der Waals surface area (Å²) in [7, 11) is 3.19. The number of amides is 2. The molecule has 4 aromatic carbocycles. The van der Waals surface area contributed by atoms with Crippen molar-refractivity contribution in [3.05, 3.63) is 108 Å². The minimum absolute atomic E-state index is 0. The average Bonchev–Trinajstić information content (AvgIpc) is 1.64. The van der Waals surface area contributed by atoms with Crippen LogP contribution >= 0.6 is 0 Å². The van der Waals surface area contributed by atoms with Crippen LogP contribution in [0.25, 0.3) is 44.3 Å². The van der Waals surface area contributed by atoms with Crippen molar-refractivity contribution in [3.63, 3.8) is 0 Å². The fourth-order valence-corrected chi connectivity index (χ4v) is 8.68. The lowest BCUT2D eigenvalue weighted by Crippen LogP contribution is -2.40. The molecule has 588 valence electrons. The Labute approximate surface area is 754 Å². The van der Waals surface area contributed by atoms with Crippen LogP contribution in [-0.4, -0.2) is 59.7 Å². The SMILES string of the molecule is C.C.C#CC#CC#CC#CC#CC#CC#CC#CC#CC#CC#CC#CC#CC#CC#CC#CC#CC#CC#CC#CC#CC#CC#CC#CC#CC#CC#CC#CC#CC#CC#CC#CC#CC#CC#CC#CC#CC.COc1ccc2[nH]c(-c3ccc(F)cc3)c(CCC(=O)N[C@H]3CCNC3=O)c2c1.COc1ccc2[nH]c(-c3ccc(F)cc3)c(CCC(=O)O)c2c1. The maximum atomic E-state index is 13.4. The Balaban J connectivity index is 0.000000631. The largest absolute Gasteiger partial charge is 0.497 e. The van der Waals surface area contributed by atoms with Crippen LogP contribution < -0.4 is 20.1 Å². The van der Waals surface area contributed by atoms with Crippen LogP contribution in [0, 0.1) is 450 Å². The van der Waals surface area contributed by atoms with Gasteiger partial charge >= 0.3 is 5.97 Å². The van der Waals surface area contributed by atoms with Gasteiger partial charge in [-0.3, -0.25) is 14.4 Å². The topological polar surface area (TPSA) is 146 Å². The second kappa shape index (κ2) is 67.7. The molecular formula is C117H50F2N4O6. The van der Waals surface area contributed by atoms with E-state index in [0.717, 1.165) is 61.2 Å². The van der Waals surface area contributed by atoms with Crippen LogP contribution in [0.3, 0.4) is 0 Å². The number of aromatic nitrogens is 2. The first kappa shape index (κ1) is 101. The standard InChI is InChI=1S/C75H4.C22H22FN3O3.C18H16FNO3.2CH4/c1-3-5-7-9-11-13-15-17-19-21-23-25-27-29-31-33-35-37-39-41-43-45-47-49-51-53-55-57-59-61-63-65-67-69-71-73-75-74-72-70-68-66-64-62-60-58-56-54-52-50-48-46-44-42-40-38-36-34-32-30-28-26-24-22-20-18-16-14-12-10-8-6-4-2;1-29-15-6-8-18-17(12-15)16(21(26-18)13-2-4-14(23)5-3-13)7-9-20(27)25-19-10-11-24-22(19)28;1-23-13-6-8-16-15(10-13)14(7-9-17(21)22)18(20-16)11-2-4-12(19)5-3-11;;/h1H,2H3;2-6,8,12,19,26H,7,9-11H2,1H3,(H,24,28)(H,25,27);2-6,8,10,20H,7,9H2,1H3,(H,21,22);2*1H4/t;19-;;;/m.0.../s1. The number of aliphatic carboxylic acids is 1. The molecule has 1 fully saturated rings. The summed E-state index contributed by atoms with van der Waals surface area (Å²) in [6.07, 6.45) is 6.68. The number of carbonyl (C=O) groups is 3. The Kier molecular flexibility index (Phi) is 52.9. The second-order valence-corrected chi connectivity index (χ2v) is 21.7. The highest BCUT2D eigenvalue weighted by atomic mass is 19.1. The number of carboxylic acid groups (broad SMARTS) is 1. The lowest BCUT2D eigenvalue weighted by atomic mass is 10.0. The predicted molar refractivity (Wildman–Crippen MR) is 502 cm³/mol. The number of halogens is 2.